The molecule has 36 heavy (non-hydrogen) atoms. The van der Waals surface area contributed by atoms with Gasteiger partial charge in [0.2, 0.25) is 0 Å². The van der Waals surface area contributed by atoms with Crippen LogP contribution in [0.3, 0.4) is 0 Å². The number of para-hydroxylation sites is 2. The number of nitrogens with zero attached hydrogens (tertiary/aromatic N) is 3. The maximum Gasteiger partial charge on any atom is 0.331 e. The quantitative estimate of drug-likeness (QED) is 0.391. The summed E-state index contributed by atoms with van der Waals surface area (Å²) in [4.78, 5) is 26.9. The number of hydrogen-bond acceptors (Lipinski definition) is 4. The number of benzene rings is 3. The first-order valence-electron chi connectivity index (χ1n) is 11.8. The fraction of sp³-hybridized carbons (Fsp3) is 0.172. The number of aromatic nitrogens is 3. The first-order chi connectivity index (χ1) is 17.3. The molecule has 0 fully saturated rings. The average molecular weight is 479 g/mol. The fourth-order valence-electron chi connectivity index (χ4n) is 5.41. The second-order valence-corrected chi connectivity index (χ2v) is 9.52. The van der Waals surface area contributed by atoms with Crippen LogP contribution in [-0.2, 0) is 14.1 Å². The Bertz CT molecular complexity index is 1820. The van der Waals surface area contributed by atoms with Gasteiger partial charge in [-0.2, -0.15) is 0 Å². The van der Waals surface area contributed by atoms with Gasteiger partial charge in [-0.3, -0.25) is 13.9 Å². The maximum atomic E-state index is 13.7. The van der Waals surface area contributed by atoms with Gasteiger partial charge < -0.3 is 15.0 Å². The highest BCUT2D eigenvalue weighted by Crippen LogP contribution is 2.46. The van der Waals surface area contributed by atoms with E-state index in [0.717, 1.165) is 44.0 Å². The van der Waals surface area contributed by atoms with Gasteiger partial charge in [0, 0.05) is 19.7 Å². The minimum absolute atomic E-state index is 0.152. The van der Waals surface area contributed by atoms with Crippen molar-refractivity contribution in [3.05, 3.63) is 110 Å². The minimum Gasteiger partial charge on any atom is -0.508 e. The predicted octanol–water partition coefficient (Wildman–Crippen LogP) is 4.53. The van der Waals surface area contributed by atoms with E-state index in [4.69, 9.17) is 0 Å². The van der Waals surface area contributed by atoms with Gasteiger partial charge in [0.25, 0.3) is 5.56 Å². The number of rotatable bonds is 2. The lowest BCUT2D eigenvalue weighted by Gasteiger charge is -2.31. The van der Waals surface area contributed by atoms with E-state index >= 15 is 0 Å². The topological polar surface area (TPSA) is 81.2 Å². The molecule has 5 aromatic rings. The molecule has 180 valence electrons. The minimum atomic E-state index is -0.501. The SMILES string of the molecule is Cc1cccc(-c2c3c(=O)n(C)c(=O)n(C)c3c3n2-c2ccccc2N[C@@H]3c2ccc(C)cc2O)c1. The van der Waals surface area contributed by atoms with Gasteiger partial charge in [0.15, 0.2) is 0 Å². The molecule has 7 heteroatoms. The van der Waals surface area contributed by atoms with Gasteiger partial charge in [-0.05, 0) is 49.2 Å². The van der Waals surface area contributed by atoms with E-state index in [1.165, 1.54) is 11.6 Å². The standard InChI is InChI=1S/C29H26N4O3/c1-16-8-7-9-18(14-16)25-23-26(31(3)29(36)32(4)28(23)35)27-24(19-13-12-17(2)15-22(19)34)30-20-10-5-6-11-21(20)33(25)27/h5-15,24,30,34H,1-4H3/t24-/m1/s1. The van der Waals surface area contributed by atoms with E-state index in [1.54, 1.807) is 13.1 Å². The van der Waals surface area contributed by atoms with Gasteiger partial charge in [-0.15, -0.1) is 0 Å². The molecule has 1 aliphatic heterocycles. The van der Waals surface area contributed by atoms with Crippen LogP contribution in [0.4, 0.5) is 5.69 Å². The molecule has 0 saturated heterocycles. The van der Waals surface area contributed by atoms with Crippen molar-refractivity contribution < 1.29 is 5.11 Å². The summed E-state index contributed by atoms with van der Waals surface area (Å²) < 4.78 is 4.77. The molecule has 1 aliphatic rings. The lowest BCUT2D eigenvalue weighted by molar-refractivity contribution is 0.465. The molecule has 0 amide bonds. The number of aryl methyl sites for hydroxylation is 3. The molecule has 0 aliphatic carbocycles. The van der Waals surface area contributed by atoms with Gasteiger partial charge >= 0.3 is 5.69 Å². The van der Waals surface area contributed by atoms with E-state index < -0.39 is 11.7 Å². The van der Waals surface area contributed by atoms with Crippen LogP contribution in [0.1, 0.15) is 28.4 Å². The molecule has 0 bridgehead atoms. The number of phenolic OH excluding ortho intramolecular Hbond substituents is 1. The highest BCUT2D eigenvalue weighted by Gasteiger charge is 2.35. The highest BCUT2D eigenvalue weighted by molar-refractivity contribution is 5.99. The van der Waals surface area contributed by atoms with Crippen molar-refractivity contribution in [2.45, 2.75) is 19.9 Å². The molecule has 0 saturated carbocycles. The van der Waals surface area contributed by atoms with Crippen molar-refractivity contribution in [2.24, 2.45) is 14.1 Å². The van der Waals surface area contributed by atoms with Crippen LogP contribution in [0.25, 0.3) is 27.8 Å². The van der Waals surface area contributed by atoms with Gasteiger partial charge in [-0.1, -0.05) is 48.0 Å². The number of anilines is 1. The molecule has 6 rings (SSSR count). The molecule has 2 N–H and O–H groups in total. The van der Waals surface area contributed by atoms with E-state index in [9.17, 15) is 14.7 Å². The van der Waals surface area contributed by atoms with Crippen LogP contribution >= 0.6 is 0 Å². The molecule has 2 aromatic heterocycles. The van der Waals surface area contributed by atoms with E-state index in [1.807, 2.05) is 68.4 Å². The first kappa shape index (κ1) is 22.0. The van der Waals surface area contributed by atoms with Crippen LogP contribution in [0.5, 0.6) is 5.75 Å². The normalized spacial score (nSPS) is 14.4. The molecule has 3 heterocycles. The fourth-order valence-corrected chi connectivity index (χ4v) is 5.41. The number of hydrogen-bond donors (Lipinski definition) is 2. The lowest BCUT2D eigenvalue weighted by atomic mass is 9.97. The van der Waals surface area contributed by atoms with Crippen molar-refractivity contribution >= 4 is 16.6 Å². The highest BCUT2D eigenvalue weighted by atomic mass is 16.3. The van der Waals surface area contributed by atoms with E-state index in [2.05, 4.69) is 16.0 Å². The Kier molecular flexibility index (Phi) is 4.73. The summed E-state index contributed by atoms with van der Waals surface area (Å²) >= 11 is 0. The zero-order valence-corrected chi connectivity index (χ0v) is 20.5. The molecule has 0 unspecified atom stereocenters. The number of aromatic hydroxyl groups is 1. The summed E-state index contributed by atoms with van der Waals surface area (Å²) in [7, 11) is 3.20. The Morgan fingerprint density at radius 1 is 0.861 bits per heavy atom. The molecule has 0 spiro atoms. The largest absolute Gasteiger partial charge is 0.508 e. The lowest BCUT2D eigenvalue weighted by Crippen LogP contribution is -2.37. The average Bonchev–Trinajstić information content (AvgIpc) is 3.23. The molecule has 1 atom stereocenters. The second-order valence-electron chi connectivity index (χ2n) is 9.52. The van der Waals surface area contributed by atoms with Crippen molar-refractivity contribution in [3.63, 3.8) is 0 Å². The summed E-state index contributed by atoms with van der Waals surface area (Å²) in [6.45, 7) is 3.94. The number of nitrogens with one attached hydrogen (secondary N) is 1. The Morgan fingerprint density at radius 3 is 2.36 bits per heavy atom. The molecular weight excluding hydrogens is 452 g/mol. The Morgan fingerprint density at radius 2 is 1.61 bits per heavy atom. The maximum absolute atomic E-state index is 13.7. The van der Waals surface area contributed by atoms with Crippen molar-refractivity contribution in [2.75, 3.05) is 5.32 Å². The Hall–Kier alpha value is -4.52. The molecular formula is C29H26N4O3. The summed E-state index contributed by atoms with van der Waals surface area (Å²) in [6, 6.07) is 21.0. The van der Waals surface area contributed by atoms with Crippen LogP contribution < -0.4 is 16.6 Å². The Labute approximate surface area is 207 Å². The van der Waals surface area contributed by atoms with Crippen molar-refractivity contribution in [1.29, 1.82) is 0 Å². The van der Waals surface area contributed by atoms with Gasteiger partial charge in [0.05, 0.1) is 39.7 Å². The Balaban J connectivity index is 1.87. The van der Waals surface area contributed by atoms with Gasteiger partial charge in [0.1, 0.15) is 5.75 Å². The second kappa shape index (κ2) is 7.75. The monoisotopic (exact) mass is 478 g/mol. The first-order valence-corrected chi connectivity index (χ1v) is 11.8. The van der Waals surface area contributed by atoms with Gasteiger partial charge in [-0.25, -0.2) is 4.79 Å². The summed E-state index contributed by atoms with van der Waals surface area (Å²) in [5.41, 5.74) is 6.54. The molecule has 7 nitrogen and oxygen atoms in total. The van der Waals surface area contributed by atoms with Crippen LogP contribution in [-0.4, -0.2) is 18.8 Å². The van der Waals surface area contributed by atoms with Crippen molar-refractivity contribution in [3.8, 4) is 22.7 Å². The summed E-state index contributed by atoms with van der Waals surface area (Å²) in [5.74, 6) is 0.152. The third-order valence-corrected chi connectivity index (χ3v) is 7.12. The third kappa shape index (κ3) is 2.99. The van der Waals surface area contributed by atoms with Crippen molar-refractivity contribution in [1.82, 2.24) is 13.7 Å². The van der Waals surface area contributed by atoms with E-state index in [0.29, 0.717) is 16.5 Å². The predicted molar refractivity (Wildman–Crippen MR) is 142 cm³/mol. The summed E-state index contributed by atoms with van der Waals surface area (Å²) in [5, 5.41) is 15.0. The zero-order valence-electron chi connectivity index (χ0n) is 20.5. The van der Waals surface area contributed by atoms with Crippen LogP contribution in [0, 0.1) is 13.8 Å². The smallest absolute Gasteiger partial charge is 0.331 e. The number of fused-ring (bicyclic) bond motifs is 5. The molecule has 0 radical (unpaired) electrons. The van der Waals surface area contributed by atoms with E-state index in [-0.39, 0.29) is 11.3 Å². The zero-order chi connectivity index (χ0) is 25.3. The number of phenols is 1. The third-order valence-electron chi connectivity index (χ3n) is 7.12. The summed E-state index contributed by atoms with van der Waals surface area (Å²) in [6.07, 6.45) is 0. The molecule has 3 aromatic carbocycles. The van der Waals surface area contributed by atoms with Crippen LogP contribution in [0.2, 0.25) is 0 Å². The van der Waals surface area contributed by atoms with Crippen LogP contribution in [0.15, 0.2) is 76.3 Å².